The lowest BCUT2D eigenvalue weighted by Crippen LogP contribution is -2.26. The van der Waals surface area contributed by atoms with Crippen LogP contribution in [-0.4, -0.2) is 18.3 Å². The van der Waals surface area contributed by atoms with E-state index in [-0.39, 0.29) is 0 Å². The second-order valence-electron chi connectivity index (χ2n) is 7.04. The largest absolute Gasteiger partial charge is 0.388 e. The molecule has 0 atom stereocenters. The lowest BCUT2D eigenvalue weighted by atomic mass is 9.95. The molecule has 0 spiro atoms. The summed E-state index contributed by atoms with van der Waals surface area (Å²) in [5.74, 6) is 0. The van der Waals surface area contributed by atoms with Crippen LogP contribution in [0.25, 0.3) is 5.57 Å². The monoisotopic (exact) mass is 310 g/mol. The Kier molecular flexibility index (Phi) is 6.31. The van der Waals surface area contributed by atoms with Crippen molar-refractivity contribution in [3.05, 3.63) is 42.1 Å². The van der Waals surface area contributed by atoms with Crippen molar-refractivity contribution in [3.8, 4) is 0 Å². The van der Waals surface area contributed by atoms with Crippen LogP contribution < -0.4 is 5.32 Å². The zero-order chi connectivity index (χ0) is 15.7. The van der Waals surface area contributed by atoms with Crippen molar-refractivity contribution >= 4 is 11.8 Å². The number of nitrogens with zero attached hydrogens (tertiary/aromatic N) is 1. The Bertz CT molecular complexity index is 506. The van der Waals surface area contributed by atoms with Crippen molar-refractivity contribution in [1.29, 1.82) is 0 Å². The molecule has 0 amide bonds. The van der Waals surface area contributed by atoms with Crippen LogP contribution in [0.15, 0.2) is 41.5 Å². The van der Waals surface area contributed by atoms with E-state index in [2.05, 4.69) is 48.1 Å². The summed E-state index contributed by atoms with van der Waals surface area (Å²) >= 11 is 0. The molecule has 23 heavy (non-hydrogen) atoms. The van der Waals surface area contributed by atoms with Crippen molar-refractivity contribution in [2.24, 2.45) is 4.99 Å². The quantitative estimate of drug-likeness (QED) is 0.728. The van der Waals surface area contributed by atoms with Gasteiger partial charge in [0.25, 0.3) is 0 Å². The molecule has 0 unspecified atom stereocenters. The maximum Gasteiger partial charge on any atom is 0.0499 e. The molecule has 2 nitrogen and oxygen atoms in total. The predicted octanol–water partition coefficient (Wildman–Crippen LogP) is 5.35. The van der Waals surface area contributed by atoms with Crippen molar-refractivity contribution in [1.82, 2.24) is 5.32 Å². The van der Waals surface area contributed by atoms with E-state index in [1.165, 1.54) is 75.3 Å². The molecule has 0 aliphatic heterocycles. The summed E-state index contributed by atoms with van der Waals surface area (Å²) in [5.41, 5.74) is 2.48. The summed E-state index contributed by atoms with van der Waals surface area (Å²) in [7, 11) is 0. The van der Waals surface area contributed by atoms with Gasteiger partial charge in [-0.1, -0.05) is 68.9 Å². The van der Waals surface area contributed by atoms with Crippen LogP contribution in [0.5, 0.6) is 0 Å². The van der Waals surface area contributed by atoms with Crippen LogP contribution >= 0.6 is 0 Å². The van der Waals surface area contributed by atoms with Gasteiger partial charge < -0.3 is 5.32 Å². The maximum atomic E-state index is 4.89. The second-order valence-corrected chi connectivity index (χ2v) is 7.04. The Hall–Kier alpha value is -1.57. The van der Waals surface area contributed by atoms with Crippen molar-refractivity contribution in [2.75, 3.05) is 0 Å². The van der Waals surface area contributed by atoms with Crippen molar-refractivity contribution in [2.45, 2.75) is 76.3 Å². The fraction of sp³-hybridized carbons (Fsp3) is 0.571. The van der Waals surface area contributed by atoms with Gasteiger partial charge in [-0.05, 0) is 31.2 Å². The van der Waals surface area contributed by atoms with Crippen LogP contribution in [0.1, 0.15) is 69.8 Å². The van der Waals surface area contributed by atoms with Crippen molar-refractivity contribution < 1.29 is 0 Å². The Balaban J connectivity index is 1.69. The highest BCUT2D eigenvalue weighted by molar-refractivity contribution is 6.09. The summed E-state index contributed by atoms with van der Waals surface area (Å²) in [6.45, 7) is 0. The molecular formula is C21H30N2. The number of hydrogen-bond acceptors (Lipinski definition) is 2. The molecule has 0 bridgehead atoms. The molecule has 2 saturated carbocycles. The average Bonchev–Trinajstić information content (AvgIpc) is 2.64. The first-order valence-corrected chi connectivity index (χ1v) is 9.46. The molecule has 2 fully saturated rings. The van der Waals surface area contributed by atoms with Gasteiger partial charge in [-0.15, -0.1) is 0 Å². The topological polar surface area (TPSA) is 24.4 Å². The van der Waals surface area contributed by atoms with Crippen LogP contribution in [0.2, 0.25) is 0 Å². The van der Waals surface area contributed by atoms with Crippen LogP contribution in [0.4, 0.5) is 0 Å². The van der Waals surface area contributed by atoms with Crippen molar-refractivity contribution in [3.63, 3.8) is 0 Å². The summed E-state index contributed by atoms with van der Waals surface area (Å²) in [6.07, 6.45) is 17.6. The third-order valence-corrected chi connectivity index (χ3v) is 5.19. The van der Waals surface area contributed by atoms with Gasteiger partial charge in [0.05, 0.1) is 0 Å². The molecule has 2 aliphatic carbocycles. The molecule has 1 aromatic carbocycles. The number of allylic oxidation sites excluding steroid dienone is 1. The molecule has 1 aromatic rings. The van der Waals surface area contributed by atoms with Crippen LogP contribution in [-0.2, 0) is 0 Å². The van der Waals surface area contributed by atoms with Gasteiger partial charge in [0.1, 0.15) is 0 Å². The first-order valence-electron chi connectivity index (χ1n) is 9.46. The van der Waals surface area contributed by atoms with E-state index in [1.54, 1.807) is 0 Å². The molecule has 3 rings (SSSR count). The number of rotatable bonds is 5. The number of benzene rings is 1. The average molecular weight is 310 g/mol. The lowest BCUT2D eigenvalue weighted by Gasteiger charge is -2.22. The van der Waals surface area contributed by atoms with Gasteiger partial charge in [-0.3, -0.25) is 4.99 Å². The molecule has 1 N–H and O–H groups in total. The molecular weight excluding hydrogens is 280 g/mol. The van der Waals surface area contributed by atoms with Gasteiger partial charge in [0.2, 0.25) is 0 Å². The lowest BCUT2D eigenvalue weighted by molar-refractivity contribution is 0.405. The molecule has 2 heteroatoms. The Morgan fingerprint density at radius 1 is 0.870 bits per heavy atom. The van der Waals surface area contributed by atoms with Gasteiger partial charge >= 0.3 is 0 Å². The van der Waals surface area contributed by atoms with E-state index in [4.69, 9.17) is 4.99 Å². The zero-order valence-electron chi connectivity index (χ0n) is 14.2. The van der Waals surface area contributed by atoms with Gasteiger partial charge in [-0.2, -0.15) is 0 Å². The summed E-state index contributed by atoms with van der Waals surface area (Å²) in [6, 6.07) is 11.8. The van der Waals surface area contributed by atoms with E-state index < -0.39 is 0 Å². The Labute approximate surface area is 141 Å². The van der Waals surface area contributed by atoms with E-state index in [9.17, 15) is 0 Å². The Morgan fingerprint density at radius 2 is 1.52 bits per heavy atom. The molecule has 0 heterocycles. The summed E-state index contributed by atoms with van der Waals surface area (Å²) in [4.78, 5) is 4.89. The second kappa shape index (κ2) is 8.90. The number of hydrogen-bond donors (Lipinski definition) is 1. The van der Waals surface area contributed by atoms with Gasteiger partial charge in [-0.25, -0.2) is 0 Å². The van der Waals surface area contributed by atoms with Crippen LogP contribution in [0.3, 0.4) is 0 Å². The highest BCUT2D eigenvalue weighted by Gasteiger charge is 2.13. The highest BCUT2D eigenvalue weighted by Crippen LogP contribution is 2.22. The number of nitrogens with one attached hydrogen (secondary N) is 1. The van der Waals surface area contributed by atoms with Gasteiger partial charge in [0.15, 0.2) is 0 Å². The minimum atomic E-state index is 0.533. The summed E-state index contributed by atoms with van der Waals surface area (Å²) < 4.78 is 0. The predicted molar refractivity (Wildman–Crippen MR) is 99.8 cm³/mol. The van der Waals surface area contributed by atoms with E-state index >= 15 is 0 Å². The van der Waals surface area contributed by atoms with Gasteiger partial charge in [0, 0.05) is 30.1 Å². The smallest absolute Gasteiger partial charge is 0.0499 e. The Morgan fingerprint density at radius 3 is 2.22 bits per heavy atom. The molecule has 0 aromatic heterocycles. The van der Waals surface area contributed by atoms with Crippen LogP contribution in [0, 0.1) is 0 Å². The first kappa shape index (κ1) is 16.3. The summed E-state index contributed by atoms with van der Waals surface area (Å²) in [5, 5.41) is 3.65. The highest BCUT2D eigenvalue weighted by atomic mass is 14.9. The third-order valence-electron chi connectivity index (χ3n) is 5.19. The maximum absolute atomic E-state index is 4.89. The first-order chi connectivity index (χ1) is 11.4. The molecule has 124 valence electrons. The fourth-order valence-electron chi connectivity index (χ4n) is 3.72. The molecule has 0 saturated heterocycles. The fourth-order valence-corrected chi connectivity index (χ4v) is 3.72. The van der Waals surface area contributed by atoms with E-state index in [0.717, 1.165) is 0 Å². The van der Waals surface area contributed by atoms with E-state index in [0.29, 0.717) is 12.1 Å². The third kappa shape index (κ3) is 5.23. The zero-order valence-corrected chi connectivity index (χ0v) is 14.2. The standard InChI is InChI=1S/C21H30N2/c1-4-10-18(11-5-1)19(16-22-20-12-6-2-7-13-20)17-23-21-14-8-3-9-15-21/h1,4-5,10-11,16-17,20-22H,2-3,6-9,12-15H2/b19-16+,23-17+. The minimum Gasteiger partial charge on any atom is -0.388 e. The van der Waals surface area contributed by atoms with E-state index in [1.807, 2.05) is 0 Å². The SMILES string of the molecule is C(/NC1CCCCC1)=C(/C=N/C1CCCCC1)c1ccccc1. The molecule has 0 radical (unpaired) electrons. The normalized spacial score (nSPS) is 21.7. The molecule has 2 aliphatic rings. The number of aliphatic imine (C=N–C) groups is 1. The minimum absolute atomic E-state index is 0.533.